The van der Waals surface area contributed by atoms with Crippen LogP contribution < -0.4 is 5.32 Å². The van der Waals surface area contributed by atoms with Crippen LogP contribution in [0.15, 0.2) is 12.5 Å². The summed E-state index contributed by atoms with van der Waals surface area (Å²) in [7, 11) is 0. The molecule has 0 saturated heterocycles. The third-order valence-electron chi connectivity index (χ3n) is 3.23. The monoisotopic (exact) mass is 260 g/mol. The number of aryl methyl sites for hydroxylation is 2. The number of nitrogens with one attached hydrogen (secondary N) is 1. The summed E-state index contributed by atoms with van der Waals surface area (Å²) in [5.74, 6) is 0.991. The van der Waals surface area contributed by atoms with E-state index in [1.165, 1.54) is 22.6 Å². The van der Waals surface area contributed by atoms with Crippen molar-refractivity contribution >= 4 is 17.2 Å². The number of anilines is 1. The van der Waals surface area contributed by atoms with Gasteiger partial charge in [0.15, 0.2) is 0 Å². The zero-order chi connectivity index (χ0) is 12.4. The Labute approximate surface area is 111 Å². The SMILES string of the molecule is CCc1cnc(CNc2ncnc3c2CCC3)s1. The third kappa shape index (κ3) is 2.22. The van der Waals surface area contributed by atoms with E-state index in [-0.39, 0.29) is 0 Å². The quantitative estimate of drug-likeness (QED) is 0.918. The molecule has 2 heterocycles. The second-order valence-electron chi connectivity index (χ2n) is 4.43. The summed E-state index contributed by atoms with van der Waals surface area (Å²) in [5.41, 5.74) is 2.51. The molecular weight excluding hydrogens is 244 g/mol. The molecule has 0 unspecified atom stereocenters. The zero-order valence-corrected chi connectivity index (χ0v) is 11.3. The highest BCUT2D eigenvalue weighted by Crippen LogP contribution is 2.25. The van der Waals surface area contributed by atoms with Crippen LogP contribution in [0, 0.1) is 0 Å². The first-order chi connectivity index (χ1) is 8.86. The van der Waals surface area contributed by atoms with Crippen molar-refractivity contribution in [1.82, 2.24) is 15.0 Å². The van der Waals surface area contributed by atoms with Gasteiger partial charge in [-0.2, -0.15) is 0 Å². The van der Waals surface area contributed by atoms with Crippen LogP contribution in [0.1, 0.15) is 34.5 Å². The lowest BCUT2D eigenvalue weighted by atomic mass is 10.2. The van der Waals surface area contributed by atoms with Crippen molar-refractivity contribution < 1.29 is 0 Å². The van der Waals surface area contributed by atoms with Crippen LogP contribution in [0.4, 0.5) is 5.82 Å². The maximum Gasteiger partial charge on any atom is 0.133 e. The van der Waals surface area contributed by atoms with E-state index in [2.05, 4.69) is 27.2 Å². The van der Waals surface area contributed by atoms with Gasteiger partial charge in [0.2, 0.25) is 0 Å². The van der Waals surface area contributed by atoms with Gasteiger partial charge in [-0.1, -0.05) is 6.92 Å². The van der Waals surface area contributed by atoms with Gasteiger partial charge in [-0.15, -0.1) is 11.3 Å². The molecule has 0 fully saturated rings. The molecule has 2 aromatic rings. The van der Waals surface area contributed by atoms with Gasteiger partial charge in [-0.3, -0.25) is 0 Å². The van der Waals surface area contributed by atoms with Gasteiger partial charge in [0.1, 0.15) is 17.2 Å². The normalized spacial score (nSPS) is 13.6. The topological polar surface area (TPSA) is 50.7 Å². The first-order valence-corrected chi connectivity index (χ1v) is 7.18. The van der Waals surface area contributed by atoms with Crippen molar-refractivity contribution in [2.75, 3.05) is 5.32 Å². The molecule has 1 N–H and O–H groups in total. The van der Waals surface area contributed by atoms with Gasteiger partial charge in [-0.05, 0) is 25.7 Å². The van der Waals surface area contributed by atoms with E-state index in [1.807, 2.05) is 6.20 Å². The van der Waals surface area contributed by atoms with Crippen molar-refractivity contribution in [3.63, 3.8) is 0 Å². The van der Waals surface area contributed by atoms with E-state index in [4.69, 9.17) is 0 Å². The molecule has 2 aromatic heterocycles. The molecule has 4 nitrogen and oxygen atoms in total. The second kappa shape index (κ2) is 5.02. The molecule has 0 amide bonds. The Morgan fingerprint density at radius 2 is 2.22 bits per heavy atom. The Morgan fingerprint density at radius 3 is 3.06 bits per heavy atom. The lowest BCUT2D eigenvalue weighted by Crippen LogP contribution is -2.05. The van der Waals surface area contributed by atoms with Crippen molar-refractivity contribution in [1.29, 1.82) is 0 Å². The standard InChI is InChI=1S/C13H16N4S/c1-2-9-6-14-12(18-9)7-15-13-10-4-3-5-11(10)16-8-17-13/h6,8H,2-5,7H2,1H3,(H,15,16,17). The Morgan fingerprint density at radius 1 is 1.28 bits per heavy atom. The summed E-state index contributed by atoms with van der Waals surface area (Å²) in [5, 5.41) is 4.52. The van der Waals surface area contributed by atoms with Gasteiger partial charge in [0.05, 0.1) is 6.54 Å². The molecule has 0 atom stereocenters. The first-order valence-electron chi connectivity index (χ1n) is 6.37. The van der Waals surface area contributed by atoms with Crippen LogP contribution in [0.5, 0.6) is 0 Å². The fourth-order valence-corrected chi connectivity index (χ4v) is 3.07. The van der Waals surface area contributed by atoms with Crippen molar-refractivity contribution in [2.45, 2.75) is 39.2 Å². The zero-order valence-electron chi connectivity index (χ0n) is 10.4. The van der Waals surface area contributed by atoms with E-state index >= 15 is 0 Å². The highest BCUT2D eigenvalue weighted by Gasteiger charge is 2.16. The molecule has 94 valence electrons. The maximum atomic E-state index is 4.41. The molecule has 1 aliphatic carbocycles. The Hall–Kier alpha value is -1.49. The van der Waals surface area contributed by atoms with Gasteiger partial charge >= 0.3 is 0 Å². The Kier molecular flexibility index (Phi) is 3.23. The summed E-state index contributed by atoms with van der Waals surface area (Å²) in [4.78, 5) is 14.4. The lowest BCUT2D eigenvalue weighted by molar-refractivity contribution is 0.899. The number of thiazole rings is 1. The molecule has 0 bridgehead atoms. The summed E-state index contributed by atoms with van der Waals surface area (Å²) in [6.45, 7) is 2.91. The largest absolute Gasteiger partial charge is 0.363 e. The van der Waals surface area contributed by atoms with E-state index in [0.717, 1.165) is 36.6 Å². The molecule has 0 aromatic carbocycles. The molecular formula is C13H16N4S. The molecule has 0 radical (unpaired) electrons. The number of fused-ring (bicyclic) bond motifs is 1. The van der Waals surface area contributed by atoms with Crippen LogP contribution in [0.3, 0.4) is 0 Å². The summed E-state index contributed by atoms with van der Waals surface area (Å²) < 4.78 is 0. The molecule has 3 rings (SSSR count). The van der Waals surface area contributed by atoms with Crippen LogP contribution >= 0.6 is 11.3 Å². The highest BCUT2D eigenvalue weighted by atomic mass is 32.1. The minimum absolute atomic E-state index is 0.758. The minimum atomic E-state index is 0.758. The molecule has 5 heteroatoms. The fraction of sp³-hybridized carbons (Fsp3) is 0.462. The Balaban J connectivity index is 1.72. The van der Waals surface area contributed by atoms with E-state index in [0.29, 0.717) is 0 Å². The predicted octanol–water partition coefficient (Wildman–Crippen LogP) is 2.60. The number of hydrogen-bond donors (Lipinski definition) is 1. The average Bonchev–Trinajstić information content (AvgIpc) is 3.05. The summed E-state index contributed by atoms with van der Waals surface area (Å²) in [6.07, 6.45) is 8.05. The Bertz CT molecular complexity index is 550. The van der Waals surface area contributed by atoms with Crippen molar-refractivity contribution in [2.24, 2.45) is 0 Å². The van der Waals surface area contributed by atoms with E-state index in [9.17, 15) is 0 Å². The number of rotatable bonds is 4. The average molecular weight is 260 g/mol. The molecule has 0 aliphatic heterocycles. The minimum Gasteiger partial charge on any atom is -0.363 e. The highest BCUT2D eigenvalue weighted by molar-refractivity contribution is 7.11. The van der Waals surface area contributed by atoms with E-state index in [1.54, 1.807) is 17.7 Å². The number of nitrogens with zero attached hydrogens (tertiary/aromatic N) is 3. The predicted molar refractivity (Wildman–Crippen MR) is 72.9 cm³/mol. The van der Waals surface area contributed by atoms with Gasteiger partial charge in [0, 0.05) is 22.3 Å². The van der Waals surface area contributed by atoms with Crippen molar-refractivity contribution in [3.05, 3.63) is 33.7 Å². The molecule has 0 spiro atoms. The fourth-order valence-electron chi connectivity index (χ4n) is 2.26. The number of hydrogen-bond acceptors (Lipinski definition) is 5. The van der Waals surface area contributed by atoms with Crippen LogP contribution in [-0.2, 0) is 25.8 Å². The third-order valence-corrected chi connectivity index (χ3v) is 4.37. The van der Waals surface area contributed by atoms with Gasteiger partial charge < -0.3 is 5.32 Å². The van der Waals surface area contributed by atoms with Crippen molar-refractivity contribution in [3.8, 4) is 0 Å². The van der Waals surface area contributed by atoms with Crippen LogP contribution in [0.25, 0.3) is 0 Å². The smallest absolute Gasteiger partial charge is 0.133 e. The van der Waals surface area contributed by atoms with Crippen LogP contribution in [-0.4, -0.2) is 15.0 Å². The summed E-state index contributed by atoms with van der Waals surface area (Å²) in [6, 6.07) is 0. The maximum absolute atomic E-state index is 4.41. The molecule has 1 aliphatic rings. The summed E-state index contributed by atoms with van der Waals surface area (Å²) >= 11 is 1.77. The molecule has 18 heavy (non-hydrogen) atoms. The molecule has 0 saturated carbocycles. The van der Waals surface area contributed by atoms with Gasteiger partial charge in [-0.25, -0.2) is 15.0 Å². The van der Waals surface area contributed by atoms with Gasteiger partial charge in [0.25, 0.3) is 0 Å². The lowest BCUT2D eigenvalue weighted by Gasteiger charge is -2.07. The number of aromatic nitrogens is 3. The van der Waals surface area contributed by atoms with E-state index < -0.39 is 0 Å². The van der Waals surface area contributed by atoms with Crippen LogP contribution in [0.2, 0.25) is 0 Å². The first kappa shape index (κ1) is 11.6. The second-order valence-corrected chi connectivity index (χ2v) is 5.63.